The topological polar surface area (TPSA) is 152 Å². The monoisotopic (exact) mass is 655 g/mol. The maximum atomic E-state index is 13.5. The minimum Gasteiger partial charge on any atom is -0.493 e. The number of carboxylic acid groups (broad SMARTS) is 1. The Morgan fingerprint density at radius 1 is 0.787 bits per heavy atom. The highest BCUT2D eigenvalue weighted by atomic mass is 32.2. The van der Waals surface area contributed by atoms with E-state index in [0.717, 1.165) is 10.5 Å². The van der Waals surface area contributed by atoms with Crippen molar-refractivity contribution in [1.82, 2.24) is 5.32 Å². The average Bonchev–Trinajstić information content (AvgIpc) is 3.08. The van der Waals surface area contributed by atoms with Gasteiger partial charge in [0.2, 0.25) is 11.7 Å². The number of nitrogens with one attached hydrogen (secondary N) is 3. The van der Waals surface area contributed by atoms with Gasteiger partial charge >= 0.3 is 5.97 Å². The van der Waals surface area contributed by atoms with Crippen molar-refractivity contribution in [2.45, 2.75) is 11.8 Å². The Morgan fingerprint density at radius 3 is 2.04 bits per heavy atom. The van der Waals surface area contributed by atoms with E-state index in [4.69, 9.17) is 14.2 Å². The van der Waals surface area contributed by atoms with Crippen LogP contribution in [0.5, 0.6) is 17.2 Å². The molecule has 0 atom stereocenters. The van der Waals surface area contributed by atoms with E-state index < -0.39 is 17.8 Å². The normalized spacial score (nSPS) is 10.9. The van der Waals surface area contributed by atoms with Gasteiger partial charge in [-0.25, -0.2) is 4.79 Å². The lowest BCUT2D eigenvalue weighted by atomic mass is 10.1. The molecular formula is C35H33N3O8S. The maximum Gasteiger partial charge on any atom is 0.335 e. The SMILES string of the molecule is COc1cc(/C=C(\NC(=O)c2ccccc2)C(=O)Nc2ccc(SCC(=O)Nc3cc(C(=O)O)ccc3C)cc2)cc(OC)c1OC. The van der Waals surface area contributed by atoms with E-state index in [9.17, 15) is 24.3 Å². The Morgan fingerprint density at radius 2 is 1.45 bits per heavy atom. The third-order valence-electron chi connectivity index (χ3n) is 6.77. The first-order chi connectivity index (χ1) is 22.6. The summed E-state index contributed by atoms with van der Waals surface area (Å²) in [5, 5.41) is 17.5. The lowest BCUT2D eigenvalue weighted by molar-refractivity contribution is -0.114. The predicted molar refractivity (Wildman–Crippen MR) is 181 cm³/mol. The number of carbonyl (C=O) groups excluding carboxylic acids is 3. The van der Waals surface area contributed by atoms with E-state index in [1.54, 1.807) is 79.7 Å². The van der Waals surface area contributed by atoms with Gasteiger partial charge in [0.05, 0.1) is 32.6 Å². The molecule has 0 radical (unpaired) electrons. The number of amides is 3. The fourth-order valence-corrected chi connectivity index (χ4v) is 5.05. The maximum absolute atomic E-state index is 13.5. The first-order valence-electron chi connectivity index (χ1n) is 14.2. The standard InChI is InChI=1S/C35H33N3O8S/c1-21-10-11-24(35(42)43)19-27(21)37-31(39)20-47-26-14-12-25(13-15-26)36-34(41)28(38-33(40)23-8-6-5-7-9-23)16-22-17-29(44-2)32(46-4)30(18-22)45-3/h5-19H,20H2,1-4H3,(H,36,41)(H,37,39)(H,38,40)(H,42,43)/b28-16-. The zero-order valence-electron chi connectivity index (χ0n) is 26.1. The van der Waals surface area contributed by atoms with Gasteiger partial charge in [-0.1, -0.05) is 24.3 Å². The van der Waals surface area contributed by atoms with Gasteiger partial charge in [-0.15, -0.1) is 11.8 Å². The lowest BCUT2D eigenvalue weighted by Crippen LogP contribution is -2.30. The summed E-state index contributed by atoms with van der Waals surface area (Å²) in [6, 6.07) is 23.2. The molecule has 47 heavy (non-hydrogen) atoms. The summed E-state index contributed by atoms with van der Waals surface area (Å²) < 4.78 is 16.2. The van der Waals surface area contributed by atoms with Crippen molar-refractivity contribution in [3.63, 3.8) is 0 Å². The third kappa shape index (κ3) is 9.14. The Balaban J connectivity index is 1.48. The fraction of sp³-hybridized carbons (Fsp3) is 0.143. The van der Waals surface area contributed by atoms with Crippen molar-refractivity contribution in [3.05, 3.63) is 113 Å². The van der Waals surface area contributed by atoms with Crippen molar-refractivity contribution in [2.24, 2.45) is 0 Å². The molecule has 0 bridgehead atoms. The minimum atomic E-state index is -1.08. The molecule has 0 aliphatic rings. The van der Waals surface area contributed by atoms with Gasteiger partial charge in [-0.3, -0.25) is 14.4 Å². The molecule has 0 unspecified atom stereocenters. The van der Waals surface area contributed by atoms with Crippen LogP contribution in [0.25, 0.3) is 6.08 Å². The highest BCUT2D eigenvalue weighted by Gasteiger charge is 2.18. The number of hydrogen-bond acceptors (Lipinski definition) is 8. The van der Waals surface area contributed by atoms with Gasteiger partial charge in [-0.05, 0) is 84.8 Å². The molecule has 242 valence electrons. The van der Waals surface area contributed by atoms with Gasteiger partial charge in [0.1, 0.15) is 5.70 Å². The second-order valence-electron chi connectivity index (χ2n) is 9.99. The van der Waals surface area contributed by atoms with Crippen LogP contribution in [0, 0.1) is 6.92 Å². The lowest BCUT2D eigenvalue weighted by Gasteiger charge is -2.15. The summed E-state index contributed by atoms with van der Waals surface area (Å²) in [7, 11) is 4.44. The Labute approximate surface area is 275 Å². The van der Waals surface area contributed by atoms with Crippen LogP contribution in [0.2, 0.25) is 0 Å². The Hall–Kier alpha value is -5.75. The second kappa shape index (κ2) is 16.0. The molecule has 3 amide bonds. The molecule has 0 saturated carbocycles. The zero-order valence-corrected chi connectivity index (χ0v) is 26.9. The van der Waals surface area contributed by atoms with Crippen molar-refractivity contribution in [2.75, 3.05) is 37.7 Å². The van der Waals surface area contributed by atoms with E-state index in [-0.39, 0.29) is 22.9 Å². The van der Waals surface area contributed by atoms with Crippen LogP contribution in [0.4, 0.5) is 11.4 Å². The Bertz CT molecular complexity index is 1780. The van der Waals surface area contributed by atoms with Crippen molar-refractivity contribution in [1.29, 1.82) is 0 Å². The first-order valence-corrected chi connectivity index (χ1v) is 15.2. The van der Waals surface area contributed by atoms with Crippen LogP contribution in [-0.4, -0.2) is 55.9 Å². The average molecular weight is 656 g/mol. The number of rotatable bonds is 13. The third-order valence-corrected chi connectivity index (χ3v) is 7.78. The molecule has 12 heteroatoms. The van der Waals surface area contributed by atoms with Crippen LogP contribution in [0.1, 0.15) is 31.8 Å². The number of carbonyl (C=O) groups is 4. The smallest absolute Gasteiger partial charge is 0.335 e. The number of hydrogen-bond donors (Lipinski definition) is 4. The number of benzene rings is 4. The predicted octanol–water partition coefficient (Wildman–Crippen LogP) is 5.86. The number of carboxylic acids is 1. The van der Waals surface area contributed by atoms with Crippen LogP contribution < -0.4 is 30.2 Å². The molecule has 11 nitrogen and oxygen atoms in total. The van der Waals surface area contributed by atoms with Gasteiger partial charge in [0.25, 0.3) is 11.8 Å². The van der Waals surface area contributed by atoms with E-state index in [1.165, 1.54) is 51.3 Å². The first kappa shape index (κ1) is 34.1. The van der Waals surface area contributed by atoms with Crippen molar-refractivity contribution in [3.8, 4) is 17.2 Å². The molecule has 0 spiro atoms. The van der Waals surface area contributed by atoms with Crippen LogP contribution in [-0.2, 0) is 9.59 Å². The van der Waals surface area contributed by atoms with Gasteiger partial charge < -0.3 is 35.3 Å². The summed E-state index contributed by atoms with van der Waals surface area (Å²) in [4.78, 5) is 51.1. The molecule has 0 aromatic heterocycles. The van der Waals surface area contributed by atoms with Crippen LogP contribution in [0.3, 0.4) is 0 Å². The summed E-state index contributed by atoms with van der Waals surface area (Å²) in [6.07, 6.45) is 1.50. The van der Waals surface area contributed by atoms with E-state index in [2.05, 4.69) is 16.0 Å². The zero-order chi connectivity index (χ0) is 33.9. The quantitative estimate of drug-likeness (QED) is 0.103. The second-order valence-corrected chi connectivity index (χ2v) is 11.0. The summed E-state index contributed by atoms with van der Waals surface area (Å²) in [5.74, 6) is -1.23. The Kier molecular flexibility index (Phi) is 11.6. The number of aryl methyl sites for hydroxylation is 1. The largest absolute Gasteiger partial charge is 0.493 e. The summed E-state index contributed by atoms with van der Waals surface area (Å²) in [5.41, 5.74) is 2.55. The van der Waals surface area contributed by atoms with Crippen molar-refractivity contribution >= 4 is 52.9 Å². The fourth-order valence-electron chi connectivity index (χ4n) is 4.35. The summed E-state index contributed by atoms with van der Waals surface area (Å²) in [6.45, 7) is 1.78. The van der Waals surface area contributed by atoms with Gasteiger partial charge in [-0.2, -0.15) is 0 Å². The highest BCUT2D eigenvalue weighted by molar-refractivity contribution is 8.00. The van der Waals surface area contributed by atoms with E-state index >= 15 is 0 Å². The number of anilines is 2. The van der Waals surface area contributed by atoms with Crippen LogP contribution in [0.15, 0.2) is 95.5 Å². The highest BCUT2D eigenvalue weighted by Crippen LogP contribution is 2.38. The number of ether oxygens (including phenoxy) is 3. The molecule has 0 fully saturated rings. The molecule has 4 N–H and O–H groups in total. The minimum absolute atomic E-state index is 0.0366. The molecule has 0 aliphatic carbocycles. The number of thioether (sulfide) groups is 1. The number of methoxy groups -OCH3 is 3. The molecule has 0 aliphatic heterocycles. The molecule has 4 aromatic rings. The summed E-state index contributed by atoms with van der Waals surface area (Å²) >= 11 is 1.27. The molecule has 0 heterocycles. The van der Waals surface area contributed by atoms with E-state index in [0.29, 0.717) is 39.8 Å². The number of aromatic carboxylic acids is 1. The molecule has 0 saturated heterocycles. The molecule has 4 aromatic carbocycles. The van der Waals surface area contributed by atoms with Crippen molar-refractivity contribution < 1.29 is 38.5 Å². The van der Waals surface area contributed by atoms with Gasteiger partial charge in [0.15, 0.2) is 11.5 Å². The van der Waals surface area contributed by atoms with E-state index in [1.807, 2.05) is 0 Å². The molecule has 4 rings (SSSR count). The van der Waals surface area contributed by atoms with Crippen LogP contribution >= 0.6 is 11.8 Å². The van der Waals surface area contributed by atoms with Gasteiger partial charge in [0, 0.05) is 21.8 Å². The molecular weight excluding hydrogens is 622 g/mol.